The Kier molecular flexibility index (Phi) is 4.89. The zero-order valence-corrected chi connectivity index (χ0v) is 14.5. The Morgan fingerprint density at radius 3 is 2.16 bits per heavy atom. The molecule has 0 unspecified atom stereocenters. The summed E-state index contributed by atoms with van der Waals surface area (Å²) in [6.07, 6.45) is 4.90. The van der Waals surface area contributed by atoms with Gasteiger partial charge < -0.3 is 5.73 Å². The Morgan fingerprint density at radius 2 is 1.56 bits per heavy atom. The molecule has 4 nitrogen and oxygen atoms in total. The van der Waals surface area contributed by atoms with Gasteiger partial charge in [-0.15, -0.1) is 4.91 Å². The summed E-state index contributed by atoms with van der Waals surface area (Å²) in [5.74, 6) is 0. The molecule has 0 saturated carbocycles. The van der Waals surface area contributed by atoms with Crippen LogP contribution in [0.5, 0.6) is 0 Å². The maximum absolute atomic E-state index is 10.6. The lowest BCUT2D eigenvalue weighted by Gasteiger charge is -2.14. The van der Waals surface area contributed by atoms with Gasteiger partial charge in [0, 0.05) is 22.5 Å². The summed E-state index contributed by atoms with van der Waals surface area (Å²) >= 11 is 0. The van der Waals surface area contributed by atoms with Gasteiger partial charge in [0.05, 0.1) is 11.4 Å². The second-order valence-corrected chi connectivity index (χ2v) is 6.32. The molecule has 126 valence electrons. The molecule has 0 fully saturated rings. The van der Waals surface area contributed by atoms with E-state index in [0.717, 1.165) is 28.1 Å². The third-order valence-corrected chi connectivity index (χ3v) is 4.27. The molecular weight excluding hydrogens is 310 g/mol. The summed E-state index contributed by atoms with van der Waals surface area (Å²) < 4.78 is 0. The Labute approximate surface area is 147 Å². The highest BCUT2D eigenvalue weighted by Crippen LogP contribution is 2.25. The van der Waals surface area contributed by atoms with Gasteiger partial charge >= 0.3 is 0 Å². The number of nitrogen functional groups attached to an aromatic ring is 1. The normalized spacial score (nSPS) is 14.7. The summed E-state index contributed by atoms with van der Waals surface area (Å²) in [6.45, 7) is 4.08. The molecular formula is C21H21N3O. The molecule has 4 heteroatoms. The summed E-state index contributed by atoms with van der Waals surface area (Å²) in [4.78, 5) is 15.5. The molecule has 1 aliphatic carbocycles. The van der Waals surface area contributed by atoms with Crippen molar-refractivity contribution in [1.29, 1.82) is 0 Å². The van der Waals surface area contributed by atoms with Gasteiger partial charge in [-0.1, -0.05) is 42.0 Å². The molecule has 2 aromatic carbocycles. The molecule has 3 rings (SSSR count). The van der Waals surface area contributed by atoms with Crippen LogP contribution < -0.4 is 5.73 Å². The van der Waals surface area contributed by atoms with E-state index >= 15 is 0 Å². The van der Waals surface area contributed by atoms with Crippen molar-refractivity contribution in [3.8, 4) is 0 Å². The van der Waals surface area contributed by atoms with E-state index in [9.17, 15) is 4.91 Å². The highest BCUT2D eigenvalue weighted by Gasteiger charge is 2.13. The quantitative estimate of drug-likeness (QED) is 0.484. The predicted molar refractivity (Wildman–Crippen MR) is 104 cm³/mol. The van der Waals surface area contributed by atoms with Crippen LogP contribution in [0.15, 0.2) is 76.2 Å². The number of aliphatic imine (C=N–C) groups is 1. The smallest absolute Gasteiger partial charge is 0.0853 e. The van der Waals surface area contributed by atoms with Gasteiger partial charge in [-0.05, 0) is 55.6 Å². The van der Waals surface area contributed by atoms with Gasteiger partial charge in [0.25, 0.3) is 0 Å². The maximum Gasteiger partial charge on any atom is 0.0853 e. The number of aryl methyl sites for hydroxylation is 2. The van der Waals surface area contributed by atoms with Crippen molar-refractivity contribution in [2.45, 2.75) is 26.7 Å². The molecule has 25 heavy (non-hydrogen) atoms. The van der Waals surface area contributed by atoms with Gasteiger partial charge in [0.1, 0.15) is 0 Å². The van der Waals surface area contributed by atoms with Crippen molar-refractivity contribution in [3.05, 3.63) is 93.2 Å². The third-order valence-electron chi connectivity index (χ3n) is 4.27. The highest BCUT2D eigenvalue weighted by atomic mass is 16.3. The first kappa shape index (κ1) is 16.8. The largest absolute Gasteiger partial charge is 0.398 e. The second kappa shape index (κ2) is 7.26. The highest BCUT2D eigenvalue weighted by molar-refractivity contribution is 6.16. The minimum atomic E-state index is 0.561. The van der Waals surface area contributed by atoms with Gasteiger partial charge in [-0.25, -0.2) is 0 Å². The van der Waals surface area contributed by atoms with Crippen molar-refractivity contribution in [1.82, 2.24) is 0 Å². The number of anilines is 1. The van der Waals surface area contributed by atoms with Gasteiger partial charge in [0.2, 0.25) is 0 Å². The van der Waals surface area contributed by atoms with Gasteiger partial charge in [0.15, 0.2) is 0 Å². The van der Waals surface area contributed by atoms with Crippen LogP contribution >= 0.6 is 0 Å². The van der Waals surface area contributed by atoms with Crippen LogP contribution in [-0.4, -0.2) is 5.71 Å². The number of hydrogen-bond donors (Lipinski definition) is 1. The first-order valence-corrected chi connectivity index (χ1v) is 8.32. The zero-order chi connectivity index (χ0) is 17.8. The fraction of sp³-hybridized carbons (Fsp3) is 0.190. The van der Waals surface area contributed by atoms with E-state index < -0.39 is 0 Å². The van der Waals surface area contributed by atoms with Gasteiger partial charge in [-0.3, -0.25) is 4.99 Å². The average Bonchev–Trinajstić information content (AvgIpc) is 2.62. The number of nitroso groups, excluding NO2 is 1. The van der Waals surface area contributed by atoms with E-state index in [1.54, 1.807) is 6.08 Å². The van der Waals surface area contributed by atoms with E-state index in [4.69, 9.17) is 10.7 Å². The van der Waals surface area contributed by atoms with Crippen molar-refractivity contribution in [3.63, 3.8) is 0 Å². The molecule has 1 aliphatic rings. The van der Waals surface area contributed by atoms with Crippen LogP contribution in [0, 0.1) is 18.8 Å². The average molecular weight is 331 g/mol. The zero-order valence-electron chi connectivity index (χ0n) is 14.5. The molecule has 0 bridgehead atoms. The summed E-state index contributed by atoms with van der Waals surface area (Å²) in [6, 6.07) is 14.3. The molecule has 0 atom stereocenters. The van der Waals surface area contributed by atoms with Crippen LogP contribution in [0.1, 0.15) is 35.1 Å². The van der Waals surface area contributed by atoms with Crippen molar-refractivity contribution in [2.75, 3.05) is 5.73 Å². The Bertz CT molecular complexity index is 890. The van der Waals surface area contributed by atoms with Crippen molar-refractivity contribution in [2.24, 2.45) is 10.2 Å². The molecule has 0 radical (unpaired) electrons. The van der Waals surface area contributed by atoms with Crippen molar-refractivity contribution < 1.29 is 0 Å². The van der Waals surface area contributed by atoms with Crippen LogP contribution in [0.2, 0.25) is 0 Å². The van der Waals surface area contributed by atoms with Crippen LogP contribution in [0.25, 0.3) is 0 Å². The molecule has 0 spiro atoms. The first-order valence-electron chi connectivity index (χ1n) is 8.32. The second-order valence-electron chi connectivity index (χ2n) is 6.32. The number of benzene rings is 2. The maximum atomic E-state index is 10.6. The fourth-order valence-electron chi connectivity index (χ4n) is 2.82. The fourth-order valence-corrected chi connectivity index (χ4v) is 2.82. The standard InChI is InChI=1S/C21H21N3O/c1-14-3-6-16(7-4-14)21(19-12-5-15(2)13-20(19)22)23-17-8-10-18(24-25)11-9-17/h3-8,10,12-13H,9,11,22H2,1-2H3. The summed E-state index contributed by atoms with van der Waals surface area (Å²) in [5.41, 5.74) is 13.6. The molecule has 0 aliphatic heterocycles. The molecule has 2 N–H and O–H groups in total. The minimum Gasteiger partial charge on any atom is -0.398 e. The van der Waals surface area contributed by atoms with Crippen molar-refractivity contribution >= 4 is 11.4 Å². The lowest BCUT2D eigenvalue weighted by molar-refractivity contribution is 0.879. The van der Waals surface area contributed by atoms with Crippen LogP contribution in [0.4, 0.5) is 5.69 Å². The van der Waals surface area contributed by atoms with Crippen LogP contribution in [-0.2, 0) is 0 Å². The lowest BCUT2D eigenvalue weighted by Crippen LogP contribution is -2.08. The third kappa shape index (κ3) is 3.91. The molecule has 0 saturated heterocycles. The summed E-state index contributed by atoms with van der Waals surface area (Å²) in [5, 5.41) is 3.01. The number of allylic oxidation sites excluding steroid dienone is 4. The first-order chi connectivity index (χ1) is 12.1. The van der Waals surface area contributed by atoms with E-state index in [0.29, 0.717) is 24.2 Å². The number of rotatable bonds is 4. The van der Waals surface area contributed by atoms with E-state index in [-0.39, 0.29) is 0 Å². The monoisotopic (exact) mass is 331 g/mol. The Balaban J connectivity index is 2.11. The topological polar surface area (TPSA) is 67.8 Å². The summed E-state index contributed by atoms with van der Waals surface area (Å²) in [7, 11) is 0. The minimum absolute atomic E-state index is 0.561. The Hall–Kier alpha value is -3.01. The van der Waals surface area contributed by atoms with E-state index in [2.05, 4.69) is 36.4 Å². The number of nitrogens with two attached hydrogens (primary N) is 1. The SMILES string of the molecule is Cc1ccc(C(=NC2=CC=C(N=O)CC2)c2ccc(C)cc2N)cc1. The number of hydrogen-bond acceptors (Lipinski definition) is 4. The molecule has 0 heterocycles. The molecule has 0 aromatic heterocycles. The van der Waals surface area contributed by atoms with E-state index in [1.165, 1.54) is 5.56 Å². The lowest BCUT2D eigenvalue weighted by atomic mass is 9.98. The predicted octanol–water partition coefficient (Wildman–Crippen LogP) is 5.05. The molecule has 0 amide bonds. The van der Waals surface area contributed by atoms with Gasteiger partial charge in [-0.2, -0.15) is 0 Å². The van der Waals surface area contributed by atoms with Crippen LogP contribution in [0.3, 0.4) is 0 Å². The number of nitrogens with zero attached hydrogens (tertiary/aromatic N) is 2. The van der Waals surface area contributed by atoms with E-state index in [1.807, 2.05) is 31.2 Å². The Morgan fingerprint density at radius 1 is 0.920 bits per heavy atom. The molecule has 2 aromatic rings.